The summed E-state index contributed by atoms with van der Waals surface area (Å²) in [5.74, 6) is -2.01. The van der Waals surface area contributed by atoms with Crippen molar-refractivity contribution in [2.75, 3.05) is 0 Å². The molecule has 0 unspecified atom stereocenters. The zero-order chi connectivity index (χ0) is 13.4. The molecule has 0 radical (unpaired) electrons. The van der Waals surface area contributed by atoms with Gasteiger partial charge in [0.1, 0.15) is 12.7 Å². The molecule has 2 aromatic heterocycles. The first kappa shape index (κ1) is 32.4. The molecular formula is C10H16N4NiO8. The minimum Gasteiger partial charge on any atom is -0.478 e. The van der Waals surface area contributed by atoms with Crippen LogP contribution < -0.4 is 0 Å². The Bertz CT molecular complexity index is 481. The largest absolute Gasteiger partial charge is 0.478 e. The average Bonchev–Trinajstić information content (AvgIpc) is 2.41. The number of aromatic nitrogens is 4. The third-order valence-electron chi connectivity index (χ3n) is 1.62. The summed E-state index contributed by atoms with van der Waals surface area (Å²) in [4.78, 5) is 34.3. The van der Waals surface area contributed by atoms with Crippen molar-refractivity contribution in [1.29, 1.82) is 0 Å². The average molecular weight is 379 g/mol. The van der Waals surface area contributed by atoms with Gasteiger partial charge in [-0.3, -0.25) is 0 Å². The van der Waals surface area contributed by atoms with Crippen molar-refractivity contribution in [2.45, 2.75) is 0 Å². The Kier molecular flexibility index (Phi) is 24.6. The molecule has 0 aromatic carbocycles. The van der Waals surface area contributed by atoms with Crippen LogP contribution in [0.3, 0.4) is 0 Å². The first-order valence-electron chi connectivity index (χ1n) is 4.58. The van der Waals surface area contributed by atoms with E-state index in [9.17, 15) is 9.59 Å². The van der Waals surface area contributed by atoms with E-state index >= 15 is 0 Å². The topological polar surface area (TPSA) is 252 Å². The number of hydrogen-bond donors (Lipinski definition) is 2. The summed E-state index contributed by atoms with van der Waals surface area (Å²) < 4.78 is 0. The second-order valence-corrected chi connectivity index (χ2v) is 2.86. The summed E-state index contributed by atoms with van der Waals surface area (Å²) >= 11 is 0. The molecule has 0 atom stereocenters. The van der Waals surface area contributed by atoms with Crippen LogP contribution in [0.15, 0.2) is 37.4 Å². The zero-order valence-corrected chi connectivity index (χ0v) is 12.3. The van der Waals surface area contributed by atoms with Crippen LogP contribution in [0.4, 0.5) is 0 Å². The van der Waals surface area contributed by atoms with Gasteiger partial charge in [0.05, 0.1) is 11.1 Å². The SMILES string of the molecule is O.O.O.O.O=C(O)c1cncnc1.O=C(O)c1cncnc1.[Ni]. The molecular weight excluding hydrogens is 363 g/mol. The van der Waals surface area contributed by atoms with Crippen molar-refractivity contribution in [1.82, 2.24) is 19.9 Å². The Hall–Kier alpha value is -2.57. The van der Waals surface area contributed by atoms with Crippen LogP contribution in [0.5, 0.6) is 0 Å². The fourth-order valence-electron chi connectivity index (χ4n) is 0.819. The number of rotatable bonds is 2. The van der Waals surface area contributed by atoms with E-state index < -0.39 is 11.9 Å². The van der Waals surface area contributed by atoms with E-state index in [0.29, 0.717) is 0 Å². The normalized spacial score (nSPS) is 6.96. The molecule has 2 heterocycles. The molecule has 13 heteroatoms. The maximum Gasteiger partial charge on any atom is 0.338 e. The Morgan fingerprint density at radius 3 is 1.00 bits per heavy atom. The molecule has 0 saturated heterocycles. The van der Waals surface area contributed by atoms with Gasteiger partial charge in [-0.05, 0) is 0 Å². The van der Waals surface area contributed by atoms with Crippen LogP contribution in [-0.4, -0.2) is 64.0 Å². The van der Waals surface area contributed by atoms with Crippen LogP contribution in [0.2, 0.25) is 0 Å². The molecule has 2 aromatic rings. The van der Waals surface area contributed by atoms with Crippen LogP contribution in [-0.2, 0) is 16.5 Å². The molecule has 134 valence electrons. The molecule has 0 amide bonds. The van der Waals surface area contributed by atoms with Crippen molar-refractivity contribution in [3.05, 3.63) is 48.6 Å². The fourth-order valence-corrected chi connectivity index (χ4v) is 0.819. The summed E-state index contributed by atoms with van der Waals surface area (Å²) in [5, 5.41) is 16.6. The Labute approximate surface area is 139 Å². The molecule has 0 bridgehead atoms. The number of carboxylic acid groups (broad SMARTS) is 2. The van der Waals surface area contributed by atoms with E-state index in [1.54, 1.807) is 0 Å². The zero-order valence-electron chi connectivity index (χ0n) is 11.3. The van der Waals surface area contributed by atoms with Crippen molar-refractivity contribution >= 4 is 11.9 Å². The van der Waals surface area contributed by atoms with E-state index in [1.807, 2.05) is 0 Å². The van der Waals surface area contributed by atoms with E-state index in [2.05, 4.69) is 19.9 Å². The minimum atomic E-state index is -1.00. The van der Waals surface area contributed by atoms with E-state index in [1.165, 1.54) is 37.4 Å². The number of carbonyl (C=O) groups is 2. The molecule has 0 aliphatic rings. The van der Waals surface area contributed by atoms with Crippen LogP contribution >= 0.6 is 0 Å². The molecule has 10 N–H and O–H groups in total. The Morgan fingerprint density at radius 2 is 0.870 bits per heavy atom. The molecule has 0 aliphatic heterocycles. The maximum atomic E-state index is 10.1. The monoisotopic (exact) mass is 378 g/mol. The number of aromatic carboxylic acids is 2. The van der Waals surface area contributed by atoms with Crippen LogP contribution in [0.25, 0.3) is 0 Å². The first-order valence-corrected chi connectivity index (χ1v) is 4.58. The molecule has 0 aliphatic carbocycles. The van der Waals surface area contributed by atoms with Gasteiger partial charge >= 0.3 is 11.9 Å². The van der Waals surface area contributed by atoms with E-state index in [-0.39, 0.29) is 49.5 Å². The van der Waals surface area contributed by atoms with E-state index in [0.717, 1.165) is 0 Å². The van der Waals surface area contributed by atoms with E-state index in [4.69, 9.17) is 10.2 Å². The summed E-state index contributed by atoms with van der Waals surface area (Å²) in [6, 6.07) is 0. The van der Waals surface area contributed by atoms with Crippen molar-refractivity contribution in [2.24, 2.45) is 0 Å². The second kappa shape index (κ2) is 17.5. The maximum absolute atomic E-state index is 10.1. The molecule has 12 nitrogen and oxygen atoms in total. The summed E-state index contributed by atoms with van der Waals surface area (Å²) in [6.07, 6.45) is 7.55. The standard InChI is InChI=1S/2C5H4N2O2.Ni.4H2O/c2*8-5(9)4-1-6-3-7-2-4;;;;;/h2*1-3H,(H,8,9);;4*1H2. The number of carboxylic acids is 2. The molecule has 23 heavy (non-hydrogen) atoms. The Morgan fingerprint density at radius 1 is 0.652 bits per heavy atom. The summed E-state index contributed by atoms with van der Waals surface area (Å²) in [5.41, 5.74) is 0.218. The molecule has 0 fully saturated rings. The molecule has 0 spiro atoms. The quantitative estimate of drug-likeness (QED) is 0.509. The van der Waals surface area contributed by atoms with Gasteiger partial charge in [0.25, 0.3) is 0 Å². The Balaban J connectivity index is -0.0000000771. The predicted octanol–water partition coefficient (Wildman–Crippen LogP) is -2.95. The molecule has 2 rings (SSSR count). The van der Waals surface area contributed by atoms with Gasteiger partial charge in [-0.2, -0.15) is 0 Å². The van der Waals surface area contributed by atoms with Crippen molar-refractivity contribution in [3.8, 4) is 0 Å². The summed E-state index contributed by atoms with van der Waals surface area (Å²) in [6.45, 7) is 0. The fraction of sp³-hybridized carbons (Fsp3) is 0. The van der Waals surface area contributed by atoms with Gasteiger partial charge in [-0.1, -0.05) is 0 Å². The first-order chi connectivity index (χ1) is 8.61. The smallest absolute Gasteiger partial charge is 0.338 e. The van der Waals surface area contributed by atoms with Gasteiger partial charge in [0.15, 0.2) is 0 Å². The van der Waals surface area contributed by atoms with Gasteiger partial charge in [0.2, 0.25) is 0 Å². The predicted molar refractivity (Wildman–Crippen MR) is 72.4 cm³/mol. The van der Waals surface area contributed by atoms with Crippen molar-refractivity contribution < 1.29 is 58.2 Å². The second-order valence-electron chi connectivity index (χ2n) is 2.86. The van der Waals surface area contributed by atoms with Gasteiger partial charge in [0, 0.05) is 41.3 Å². The third-order valence-corrected chi connectivity index (χ3v) is 1.62. The number of nitrogens with zero attached hydrogens (tertiary/aromatic N) is 4. The minimum absolute atomic E-state index is 0. The van der Waals surface area contributed by atoms with Crippen LogP contribution in [0.1, 0.15) is 20.7 Å². The van der Waals surface area contributed by atoms with Gasteiger partial charge < -0.3 is 32.1 Å². The van der Waals surface area contributed by atoms with Gasteiger partial charge in [-0.15, -0.1) is 0 Å². The molecule has 0 saturated carbocycles. The number of hydrogen-bond acceptors (Lipinski definition) is 6. The summed E-state index contributed by atoms with van der Waals surface area (Å²) in [7, 11) is 0. The van der Waals surface area contributed by atoms with Crippen LogP contribution in [0, 0.1) is 0 Å². The van der Waals surface area contributed by atoms with Crippen molar-refractivity contribution in [3.63, 3.8) is 0 Å². The third kappa shape index (κ3) is 12.9. The van der Waals surface area contributed by atoms with Gasteiger partial charge in [-0.25, -0.2) is 29.5 Å².